The molecule has 0 unspecified atom stereocenters. The summed E-state index contributed by atoms with van der Waals surface area (Å²) in [5, 5.41) is 0.547. The zero-order valence-electron chi connectivity index (χ0n) is 16.3. The second-order valence-corrected chi connectivity index (χ2v) is 8.13. The van der Waals surface area contributed by atoms with Crippen molar-refractivity contribution in [2.75, 3.05) is 6.61 Å². The van der Waals surface area contributed by atoms with Crippen molar-refractivity contribution in [1.82, 2.24) is 9.55 Å². The standard InChI is InChI=1S/C21H24N2O3S/c1-6-15-12-16-18(27-15)22-17(14-10-8-9-13(3)11-14)23(19(16)24)21(4,5)20(25)26-7-2/h8-12H,6-7H2,1-5H3. The number of rotatable bonds is 5. The van der Waals surface area contributed by atoms with Crippen molar-refractivity contribution < 1.29 is 9.53 Å². The Hall–Kier alpha value is -2.47. The highest BCUT2D eigenvalue weighted by Crippen LogP contribution is 2.29. The van der Waals surface area contributed by atoms with Gasteiger partial charge in [0.1, 0.15) is 16.2 Å². The van der Waals surface area contributed by atoms with Crippen LogP contribution in [0, 0.1) is 6.92 Å². The average Bonchev–Trinajstić information content (AvgIpc) is 3.05. The molecule has 0 saturated carbocycles. The number of hydrogen-bond acceptors (Lipinski definition) is 5. The number of fused-ring (bicyclic) bond motifs is 1. The summed E-state index contributed by atoms with van der Waals surface area (Å²) in [7, 11) is 0. The molecule has 5 nitrogen and oxygen atoms in total. The molecule has 0 aliphatic heterocycles. The van der Waals surface area contributed by atoms with Crippen LogP contribution in [0.25, 0.3) is 21.6 Å². The molecule has 27 heavy (non-hydrogen) atoms. The molecule has 0 radical (unpaired) electrons. The van der Waals surface area contributed by atoms with E-state index in [0.29, 0.717) is 16.0 Å². The minimum Gasteiger partial charge on any atom is -0.464 e. The monoisotopic (exact) mass is 384 g/mol. The van der Waals surface area contributed by atoms with Gasteiger partial charge in [0.25, 0.3) is 5.56 Å². The Balaban J connectivity index is 2.38. The molecule has 2 heterocycles. The summed E-state index contributed by atoms with van der Waals surface area (Å²) >= 11 is 1.52. The van der Waals surface area contributed by atoms with Gasteiger partial charge in [-0.15, -0.1) is 11.3 Å². The second-order valence-electron chi connectivity index (χ2n) is 7.01. The van der Waals surface area contributed by atoms with Gasteiger partial charge in [-0.25, -0.2) is 9.78 Å². The fourth-order valence-electron chi connectivity index (χ4n) is 3.10. The maximum Gasteiger partial charge on any atom is 0.331 e. The SMILES string of the molecule is CCOC(=O)C(C)(C)n1c(-c2cccc(C)c2)nc2sc(CC)cc2c1=O. The van der Waals surface area contributed by atoms with E-state index in [9.17, 15) is 9.59 Å². The van der Waals surface area contributed by atoms with E-state index in [1.807, 2.05) is 44.2 Å². The molecular weight excluding hydrogens is 360 g/mol. The van der Waals surface area contributed by atoms with E-state index in [2.05, 4.69) is 0 Å². The van der Waals surface area contributed by atoms with Crippen LogP contribution >= 0.6 is 11.3 Å². The number of aromatic nitrogens is 2. The number of ether oxygens (including phenoxy) is 1. The highest BCUT2D eigenvalue weighted by Gasteiger charge is 2.36. The Morgan fingerprint density at radius 3 is 2.63 bits per heavy atom. The normalized spacial score (nSPS) is 11.7. The predicted octanol–water partition coefficient (Wildman–Crippen LogP) is 4.29. The van der Waals surface area contributed by atoms with Crippen LogP contribution in [0.4, 0.5) is 0 Å². The second kappa shape index (κ2) is 7.27. The topological polar surface area (TPSA) is 61.2 Å². The molecule has 0 bridgehead atoms. The Morgan fingerprint density at radius 1 is 1.26 bits per heavy atom. The van der Waals surface area contributed by atoms with Gasteiger partial charge >= 0.3 is 5.97 Å². The quantitative estimate of drug-likeness (QED) is 0.616. The van der Waals surface area contributed by atoms with Crippen molar-refractivity contribution in [2.24, 2.45) is 0 Å². The smallest absolute Gasteiger partial charge is 0.331 e. The van der Waals surface area contributed by atoms with Crippen molar-refractivity contribution in [3.05, 3.63) is 51.1 Å². The van der Waals surface area contributed by atoms with Gasteiger partial charge in [-0.3, -0.25) is 9.36 Å². The first-order chi connectivity index (χ1) is 12.8. The van der Waals surface area contributed by atoms with Crippen molar-refractivity contribution in [3.63, 3.8) is 0 Å². The molecular formula is C21H24N2O3S. The molecule has 0 spiro atoms. The van der Waals surface area contributed by atoms with Crippen LogP contribution in [0.15, 0.2) is 35.1 Å². The third-order valence-electron chi connectivity index (χ3n) is 4.57. The minimum absolute atomic E-state index is 0.217. The summed E-state index contributed by atoms with van der Waals surface area (Å²) in [6.07, 6.45) is 0.835. The van der Waals surface area contributed by atoms with Gasteiger partial charge in [0.15, 0.2) is 0 Å². The van der Waals surface area contributed by atoms with E-state index in [4.69, 9.17) is 9.72 Å². The first kappa shape index (κ1) is 19.3. The lowest BCUT2D eigenvalue weighted by molar-refractivity contribution is -0.152. The summed E-state index contributed by atoms with van der Waals surface area (Å²) in [6.45, 7) is 9.45. The zero-order valence-corrected chi connectivity index (χ0v) is 17.1. The molecule has 0 N–H and O–H groups in total. The lowest BCUT2D eigenvalue weighted by Crippen LogP contribution is -2.45. The molecule has 3 aromatic rings. The first-order valence-corrected chi connectivity index (χ1v) is 9.91. The van der Waals surface area contributed by atoms with Gasteiger partial charge in [0.2, 0.25) is 0 Å². The third-order valence-corrected chi connectivity index (χ3v) is 5.75. The van der Waals surface area contributed by atoms with Crippen LogP contribution in [0.3, 0.4) is 0 Å². The Bertz CT molecular complexity index is 1060. The zero-order chi connectivity index (χ0) is 19.8. The summed E-state index contributed by atoms with van der Waals surface area (Å²) in [5.74, 6) is 0.0341. The highest BCUT2D eigenvalue weighted by molar-refractivity contribution is 7.18. The molecule has 0 atom stereocenters. The van der Waals surface area contributed by atoms with Crippen molar-refractivity contribution in [3.8, 4) is 11.4 Å². The van der Waals surface area contributed by atoms with E-state index in [-0.39, 0.29) is 12.2 Å². The maximum atomic E-state index is 13.4. The number of carbonyl (C=O) groups excluding carboxylic acids is 1. The number of esters is 1. The van der Waals surface area contributed by atoms with Gasteiger partial charge in [-0.2, -0.15) is 0 Å². The molecule has 1 aromatic carbocycles. The number of hydrogen-bond donors (Lipinski definition) is 0. The average molecular weight is 385 g/mol. The predicted molar refractivity (Wildman–Crippen MR) is 109 cm³/mol. The van der Waals surface area contributed by atoms with Crippen LogP contribution in [0.1, 0.15) is 38.1 Å². The van der Waals surface area contributed by atoms with Crippen molar-refractivity contribution in [2.45, 2.75) is 46.6 Å². The summed E-state index contributed by atoms with van der Waals surface area (Å²) in [4.78, 5) is 32.7. The van der Waals surface area contributed by atoms with Crippen molar-refractivity contribution >= 4 is 27.5 Å². The van der Waals surface area contributed by atoms with Crippen LogP contribution in [0.2, 0.25) is 0 Å². The lowest BCUT2D eigenvalue weighted by Gasteiger charge is -2.27. The lowest BCUT2D eigenvalue weighted by atomic mass is 10.0. The summed E-state index contributed by atoms with van der Waals surface area (Å²) in [6, 6.07) is 9.68. The molecule has 142 valence electrons. The fraction of sp³-hybridized carbons (Fsp3) is 0.381. The minimum atomic E-state index is -1.18. The number of thiophene rings is 1. The van der Waals surface area contributed by atoms with Crippen LogP contribution in [-0.2, 0) is 21.5 Å². The van der Waals surface area contributed by atoms with Crippen molar-refractivity contribution in [1.29, 1.82) is 0 Å². The fourth-order valence-corrected chi connectivity index (χ4v) is 4.06. The number of nitrogens with zero attached hydrogens (tertiary/aromatic N) is 2. The van der Waals surface area contributed by atoms with E-state index in [1.54, 1.807) is 20.8 Å². The van der Waals surface area contributed by atoms with Gasteiger partial charge in [0, 0.05) is 10.4 Å². The number of benzene rings is 1. The molecule has 6 heteroatoms. The molecule has 0 saturated heterocycles. The van der Waals surface area contributed by atoms with Crippen LogP contribution < -0.4 is 5.56 Å². The molecule has 0 aliphatic rings. The summed E-state index contributed by atoms with van der Waals surface area (Å²) in [5.41, 5.74) is 0.466. The third kappa shape index (κ3) is 3.41. The molecule has 3 rings (SSSR count). The first-order valence-electron chi connectivity index (χ1n) is 9.09. The van der Waals surface area contributed by atoms with E-state index >= 15 is 0 Å². The van der Waals surface area contributed by atoms with Gasteiger partial charge < -0.3 is 4.74 Å². The molecule has 0 amide bonds. The number of carbonyl (C=O) groups is 1. The Kier molecular flexibility index (Phi) is 5.20. The maximum absolute atomic E-state index is 13.4. The number of aryl methyl sites for hydroxylation is 2. The van der Waals surface area contributed by atoms with Gasteiger partial charge in [0.05, 0.1) is 12.0 Å². The van der Waals surface area contributed by atoms with E-state index < -0.39 is 11.5 Å². The van der Waals surface area contributed by atoms with Gasteiger partial charge in [-0.1, -0.05) is 30.7 Å². The van der Waals surface area contributed by atoms with E-state index in [0.717, 1.165) is 22.4 Å². The van der Waals surface area contributed by atoms with Crippen LogP contribution in [0.5, 0.6) is 0 Å². The molecule has 2 aromatic heterocycles. The van der Waals surface area contributed by atoms with E-state index in [1.165, 1.54) is 15.9 Å². The highest BCUT2D eigenvalue weighted by atomic mass is 32.1. The van der Waals surface area contributed by atoms with Gasteiger partial charge in [-0.05, 0) is 46.2 Å². The van der Waals surface area contributed by atoms with Crippen LogP contribution in [-0.4, -0.2) is 22.1 Å². The molecule has 0 fully saturated rings. The molecule has 0 aliphatic carbocycles. The Morgan fingerprint density at radius 2 is 2.00 bits per heavy atom. The largest absolute Gasteiger partial charge is 0.464 e. The summed E-state index contributed by atoms with van der Waals surface area (Å²) < 4.78 is 6.73. The Labute approximate surface area is 162 Å².